The van der Waals surface area contributed by atoms with Crippen LogP contribution in [0.3, 0.4) is 0 Å². The molecule has 0 saturated carbocycles. The highest BCUT2D eigenvalue weighted by atomic mass is 14.9. The third-order valence-corrected chi connectivity index (χ3v) is 3.63. The second-order valence-electron chi connectivity index (χ2n) is 5.30. The maximum atomic E-state index is 3.62. The Hall–Kier alpha value is -1.60. The van der Waals surface area contributed by atoms with Gasteiger partial charge in [0.15, 0.2) is 0 Å². The molecule has 0 spiro atoms. The molecule has 1 N–H and O–H groups in total. The summed E-state index contributed by atoms with van der Waals surface area (Å²) in [6, 6.07) is 20.2. The van der Waals surface area contributed by atoms with Gasteiger partial charge in [0.25, 0.3) is 0 Å². The highest BCUT2D eigenvalue weighted by Gasteiger charge is 2.11. The molecule has 2 aromatic carbocycles. The van der Waals surface area contributed by atoms with Crippen LogP contribution in [0.5, 0.6) is 0 Å². The first-order valence-electron chi connectivity index (χ1n) is 7.69. The zero-order chi connectivity index (χ0) is 14.2. The third-order valence-electron chi connectivity index (χ3n) is 3.63. The van der Waals surface area contributed by atoms with Gasteiger partial charge in [-0.1, -0.05) is 74.9 Å². The quantitative estimate of drug-likeness (QED) is 0.777. The fraction of sp³-hybridized carbons (Fsp3) is 0.368. The molecule has 2 rings (SSSR count). The van der Waals surface area contributed by atoms with Crippen LogP contribution in [0, 0.1) is 0 Å². The standard InChI is InChI=1S/C19H25N/c1-3-9-16-12-8-13-18(14-16)19(20-4-2)15-17-10-6-5-7-11-17/h5-8,10-14,19-20H,3-4,9,15H2,1-2H3. The van der Waals surface area contributed by atoms with E-state index in [0.29, 0.717) is 6.04 Å². The second-order valence-corrected chi connectivity index (χ2v) is 5.30. The molecule has 0 fully saturated rings. The van der Waals surface area contributed by atoms with E-state index in [1.807, 2.05) is 0 Å². The minimum atomic E-state index is 0.402. The summed E-state index contributed by atoms with van der Waals surface area (Å²) in [5.74, 6) is 0. The van der Waals surface area contributed by atoms with Crippen molar-refractivity contribution in [2.75, 3.05) is 6.54 Å². The number of nitrogens with one attached hydrogen (secondary N) is 1. The Kier molecular flexibility index (Phi) is 5.82. The van der Waals surface area contributed by atoms with Crippen LogP contribution in [0.15, 0.2) is 54.6 Å². The Bertz CT molecular complexity index is 504. The average molecular weight is 267 g/mol. The highest BCUT2D eigenvalue weighted by molar-refractivity contribution is 5.28. The fourth-order valence-corrected chi connectivity index (χ4v) is 2.66. The van der Waals surface area contributed by atoms with E-state index in [9.17, 15) is 0 Å². The summed E-state index contributed by atoms with van der Waals surface area (Å²) in [5.41, 5.74) is 4.24. The van der Waals surface area contributed by atoms with Crippen molar-refractivity contribution in [2.24, 2.45) is 0 Å². The van der Waals surface area contributed by atoms with Crippen molar-refractivity contribution < 1.29 is 0 Å². The van der Waals surface area contributed by atoms with Gasteiger partial charge in [0.2, 0.25) is 0 Å². The Morgan fingerprint density at radius 2 is 1.65 bits per heavy atom. The van der Waals surface area contributed by atoms with Crippen molar-refractivity contribution in [1.29, 1.82) is 0 Å². The molecule has 1 atom stereocenters. The first-order valence-corrected chi connectivity index (χ1v) is 7.69. The molecule has 106 valence electrons. The Labute approximate surface area is 123 Å². The molecule has 0 aromatic heterocycles. The zero-order valence-electron chi connectivity index (χ0n) is 12.6. The van der Waals surface area contributed by atoms with Gasteiger partial charge >= 0.3 is 0 Å². The molecule has 1 nitrogen and oxygen atoms in total. The summed E-state index contributed by atoms with van der Waals surface area (Å²) in [4.78, 5) is 0. The molecule has 0 aliphatic heterocycles. The van der Waals surface area contributed by atoms with Crippen molar-refractivity contribution >= 4 is 0 Å². The summed E-state index contributed by atoms with van der Waals surface area (Å²) >= 11 is 0. The largest absolute Gasteiger partial charge is 0.310 e. The van der Waals surface area contributed by atoms with Crippen LogP contribution in [0.4, 0.5) is 0 Å². The van der Waals surface area contributed by atoms with Gasteiger partial charge in [0.05, 0.1) is 0 Å². The molecule has 0 bridgehead atoms. The Balaban J connectivity index is 2.17. The molecule has 0 aliphatic carbocycles. The summed E-state index contributed by atoms with van der Waals surface area (Å²) in [5, 5.41) is 3.62. The lowest BCUT2D eigenvalue weighted by Gasteiger charge is -2.19. The summed E-state index contributed by atoms with van der Waals surface area (Å²) < 4.78 is 0. The van der Waals surface area contributed by atoms with Gasteiger partial charge in [-0.25, -0.2) is 0 Å². The molecule has 2 aromatic rings. The summed E-state index contributed by atoms with van der Waals surface area (Å²) in [6.07, 6.45) is 3.41. The molecule has 0 saturated heterocycles. The van der Waals surface area contributed by atoms with Crippen LogP contribution in [0.1, 0.15) is 43.0 Å². The molecule has 0 amide bonds. The molecular formula is C19H25N. The number of aryl methyl sites for hydroxylation is 1. The maximum Gasteiger partial charge on any atom is 0.0360 e. The smallest absolute Gasteiger partial charge is 0.0360 e. The number of hydrogen-bond donors (Lipinski definition) is 1. The molecule has 1 unspecified atom stereocenters. The van der Waals surface area contributed by atoms with Crippen LogP contribution in [-0.4, -0.2) is 6.54 Å². The van der Waals surface area contributed by atoms with E-state index in [2.05, 4.69) is 73.8 Å². The molecular weight excluding hydrogens is 242 g/mol. The molecule has 0 radical (unpaired) electrons. The van der Waals surface area contributed by atoms with Crippen LogP contribution >= 0.6 is 0 Å². The van der Waals surface area contributed by atoms with Crippen molar-refractivity contribution in [3.8, 4) is 0 Å². The van der Waals surface area contributed by atoms with E-state index < -0.39 is 0 Å². The third kappa shape index (κ3) is 4.21. The van der Waals surface area contributed by atoms with E-state index >= 15 is 0 Å². The predicted molar refractivity (Wildman–Crippen MR) is 87.0 cm³/mol. The number of hydrogen-bond acceptors (Lipinski definition) is 1. The lowest BCUT2D eigenvalue weighted by Crippen LogP contribution is -2.23. The minimum Gasteiger partial charge on any atom is -0.310 e. The first kappa shape index (κ1) is 14.8. The van der Waals surface area contributed by atoms with Crippen LogP contribution < -0.4 is 5.32 Å². The highest BCUT2D eigenvalue weighted by Crippen LogP contribution is 2.20. The van der Waals surface area contributed by atoms with E-state index in [4.69, 9.17) is 0 Å². The van der Waals surface area contributed by atoms with Gasteiger partial charge in [0.1, 0.15) is 0 Å². The van der Waals surface area contributed by atoms with Crippen molar-refractivity contribution in [3.63, 3.8) is 0 Å². The van der Waals surface area contributed by atoms with E-state index in [1.165, 1.54) is 23.1 Å². The lowest BCUT2D eigenvalue weighted by atomic mass is 9.96. The first-order chi connectivity index (χ1) is 9.83. The topological polar surface area (TPSA) is 12.0 Å². The number of likely N-dealkylation sites (N-methyl/N-ethyl adjacent to an activating group) is 1. The van der Waals surface area contributed by atoms with E-state index in [0.717, 1.165) is 19.4 Å². The van der Waals surface area contributed by atoms with Crippen LogP contribution in [-0.2, 0) is 12.8 Å². The number of rotatable bonds is 7. The van der Waals surface area contributed by atoms with Crippen molar-refractivity contribution in [2.45, 2.75) is 39.2 Å². The Morgan fingerprint density at radius 3 is 2.35 bits per heavy atom. The van der Waals surface area contributed by atoms with Gasteiger partial charge in [-0.2, -0.15) is 0 Å². The summed E-state index contributed by atoms with van der Waals surface area (Å²) in [6.45, 7) is 5.40. The zero-order valence-corrected chi connectivity index (χ0v) is 12.6. The van der Waals surface area contributed by atoms with Gasteiger partial charge in [-0.05, 0) is 36.1 Å². The fourth-order valence-electron chi connectivity index (χ4n) is 2.66. The molecule has 0 aliphatic rings. The number of benzene rings is 2. The Morgan fingerprint density at radius 1 is 0.900 bits per heavy atom. The van der Waals surface area contributed by atoms with E-state index in [1.54, 1.807) is 0 Å². The van der Waals surface area contributed by atoms with Gasteiger partial charge in [-0.3, -0.25) is 0 Å². The van der Waals surface area contributed by atoms with Crippen molar-refractivity contribution in [3.05, 3.63) is 71.3 Å². The second kappa shape index (κ2) is 7.86. The van der Waals surface area contributed by atoms with Crippen molar-refractivity contribution in [1.82, 2.24) is 5.32 Å². The van der Waals surface area contributed by atoms with Gasteiger partial charge in [-0.15, -0.1) is 0 Å². The SMILES string of the molecule is CCCc1cccc(C(Cc2ccccc2)NCC)c1. The average Bonchev–Trinajstić information content (AvgIpc) is 2.49. The molecule has 0 heterocycles. The molecule has 1 heteroatoms. The monoisotopic (exact) mass is 267 g/mol. The predicted octanol–water partition coefficient (Wildman–Crippen LogP) is 4.53. The van der Waals surface area contributed by atoms with Crippen LogP contribution in [0.25, 0.3) is 0 Å². The van der Waals surface area contributed by atoms with Gasteiger partial charge < -0.3 is 5.32 Å². The maximum absolute atomic E-state index is 3.62. The summed E-state index contributed by atoms with van der Waals surface area (Å²) in [7, 11) is 0. The normalized spacial score (nSPS) is 12.3. The molecule has 20 heavy (non-hydrogen) atoms. The minimum absolute atomic E-state index is 0.402. The lowest BCUT2D eigenvalue weighted by molar-refractivity contribution is 0.549. The van der Waals surface area contributed by atoms with E-state index in [-0.39, 0.29) is 0 Å². The van der Waals surface area contributed by atoms with Gasteiger partial charge in [0, 0.05) is 6.04 Å². The van der Waals surface area contributed by atoms with Crippen LogP contribution in [0.2, 0.25) is 0 Å².